The molecule has 9 heteroatoms. The molecule has 0 bridgehead atoms. The van der Waals surface area contributed by atoms with E-state index >= 15 is 0 Å². The summed E-state index contributed by atoms with van der Waals surface area (Å²) >= 11 is 0. The highest BCUT2D eigenvalue weighted by atomic mass is 16.4. The number of carboxylic acid groups (broad SMARTS) is 1. The van der Waals surface area contributed by atoms with Gasteiger partial charge in [0, 0.05) is 7.05 Å². The van der Waals surface area contributed by atoms with Crippen molar-refractivity contribution in [3.8, 4) is 0 Å². The molecule has 0 saturated heterocycles. The molecule has 3 N–H and O–H groups in total. The Bertz CT molecular complexity index is 630. The molecule has 2 aromatic rings. The van der Waals surface area contributed by atoms with Crippen molar-refractivity contribution in [3.05, 3.63) is 16.6 Å². The van der Waals surface area contributed by atoms with Crippen molar-refractivity contribution in [2.75, 3.05) is 0 Å². The molecule has 0 aliphatic heterocycles. The fourth-order valence-electron chi connectivity index (χ4n) is 1.36. The van der Waals surface area contributed by atoms with Gasteiger partial charge in [0.1, 0.15) is 11.4 Å². The van der Waals surface area contributed by atoms with Crippen molar-refractivity contribution in [1.82, 2.24) is 24.8 Å². The number of carbonyl (C=O) groups is 1. The fourth-order valence-corrected chi connectivity index (χ4v) is 1.36. The Morgan fingerprint density at radius 2 is 2.35 bits per heavy atom. The van der Waals surface area contributed by atoms with E-state index in [1.165, 1.54) is 10.9 Å². The number of carboxylic acids is 1. The van der Waals surface area contributed by atoms with Crippen molar-refractivity contribution >= 4 is 17.0 Å². The lowest BCUT2D eigenvalue weighted by atomic mass is 10.3. The first-order chi connectivity index (χ1) is 8.00. The quantitative estimate of drug-likeness (QED) is 0.628. The van der Waals surface area contributed by atoms with Gasteiger partial charge in [0.2, 0.25) is 0 Å². The molecule has 1 atom stereocenters. The summed E-state index contributed by atoms with van der Waals surface area (Å²) in [5.41, 5.74) is 5.20. The van der Waals surface area contributed by atoms with E-state index in [0.717, 1.165) is 4.68 Å². The Morgan fingerprint density at radius 3 is 3.00 bits per heavy atom. The third-order valence-electron chi connectivity index (χ3n) is 2.31. The maximum absolute atomic E-state index is 11.9. The number of rotatable bonds is 3. The third-order valence-corrected chi connectivity index (χ3v) is 2.31. The molecule has 0 aromatic carbocycles. The zero-order chi connectivity index (χ0) is 12.6. The smallest absolute Gasteiger partial charge is 0.322 e. The maximum Gasteiger partial charge on any atom is 0.322 e. The zero-order valence-electron chi connectivity index (χ0n) is 8.94. The lowest BCUT2D eigenvalue weighted by Gasteiger charge is -2.06. The zero-order valence-corrected chi connectivity index (χ0v) is 8.94. The molecule has 1 unspecified atom stereocenters. The Balaban J connectivity index is 2.46. The predicted octanol–water partition coefficient (Wildman–Crippen LogP) is -2.06. The van der Waals surface area contributed by atoms with Crippen molar-refractivity contribution < 1.29 is 9.90 Å². The van der Waals surface area contributed by atoms with Crippen LogP contribution in [0.25, 0.3) is 11.0 Å². The molecule has 17 heavy (non-hydrogen) atoms. The van der Waals surface area contributed by atoms with Crippen LogP contribution >= 0.6 is 0 Å². The van der Waals surface area contributed by atoms with Crippen LogP contribution in [0.1, 0.15) is 0 Å². The van der Waals surface area contributed by atoms with Crippen LogP contribution < -0.4 is 11.3 Å². The maximum atomic E-state index is 11.9. The molecule has 0 amide bonds. The van der Waals surface area contributed by atoms with E-state index in [-0.39, 0.29) is 11.9 Å². The second-order valence-corrected chi connectivity index (χ2v) is 3.53. The summed E-state index contributed by atoms with van der Waals surface area (Å²) in [5, 5.41) is 20.2. The second-order valence-electron chi connectivity index (χ2n) is 3.53. The molecule has 0 aliphatic rings. The number of nitrogens with two attached hydrogens (primary N) is 1. The van der Waals surface area contributed by atoms with Gasteiger partial charge in [-0.2, -0.15) is 5.10 Å². The molecular weight excluding hydrogens is 228 g/mol. The Morgan fingerprint density at radius 1 is 1.65 bits per heavy atom. The van der Waals surface area contributed by atoms with Crippen LogP contribution in [0.15, 0.2) is 11.0 Å². The van der Waals surface area contributed by atoms with Crippen molar-refractivity contribution in [2.45, 2.75) is 12.6 Å². The average Bonchev–Trinajstić information content (AvgIpc) is 2.65. The van der Waals surface area contributed by atoms with E-state index in [9.17, 15) is 9.59 Å². The predicted molar refractivity (Wildman–Crippen MR) is 56.2 cm³/mol. The van der Waals surface area contributed by atoms with Crippen LogP contribution in [0.2, 0.25) is 0 Å². The highest BCUT2D eigenvalue weighted by molar-refractivity contribution is 5.73. The molecule has 0 saturated carbocycles. The summed E-state index contributed by atoms with van der Waals surface area (Å²) in [6, 6.07) is -1.20. The standard InChI is InChI=1S/C8H10N6O3/c1-13-6-4(2-10-13)7(15)14(12-11-6)3-5(9)8(16)17/h2,5H,3,9H2,1H3,(H,16,17). The normalized spacial score (nSPS) is 12.8. The number of aryl methyl sites for hydroxylation is 1. The second kappa shape index (κ2) is 3.94. The number of aliphatic carboxylic acids is 1. The third kappa shape index (κ3) is 1.87. The summed E-state index contributed by atoms with van der Waals surface area (Å²) in [5.74, 6) is -1.20. The van der Waals surface area contributed by atoms with Crippen molar-refractivity contribution in [3.63, 3.8) is 0 Å². The van der Waals surface area contributed by atoms with E-state index in [2.05, 4.69) is 15.4 Å². The highest BCUT2D eigenvalue weighted by Gasteiger charge is 2.16. The molecule has 9 nitrogen and oxygen atoms in total. The van der Waals surface area contributed by atoms with Crippen molar-refractivity contribution in [1.29, 1.82) is 0 Å². The van der Waals surface area contributed by atoms with E-state index in [1.807, 2.05) is 0 Å². The first-order valence-electron chi connectivity index (χ1n) is 4.74. The molecule has 0 fully saturated rings. The molecule has 2 aromatic heterocycles. The molecule has 0 radical (unpaired) electrons. The van der Waals surface area contributed by atoms with E-state index in [1.54, 1.807) is 7.05 Å². The minimum absolute atomic E-state index is 0.230. The largest absolute Gasteiger partial charge is 0.480 e. The van der Waals surface area contributed by atoms with Crippen LogP contribution in [0.3, 0.4) is 0 Å². The Labute approximate surface area is 94.4 Å². The van der Waals surface area contributed by atoms with Crippen LogP contribution in [-0.2, 0) is 18.4 Å². The number of aromatic nitrogens is 5. The van der Waals surface area contributed by atoms with Gasteiger partial charge in [-0.05, 0) is 0 Å². The van der Waals surface area contributed by atoms with E-state index in [0.29, 0.717) is 5.65 Å². The topological polar surface area (TPSA) is 129 Å². The monoisotopic (exact) mass is 238 g/mol. The Kier molecular flexibility index (Phi) is 2.60. The SMILES string of the molecule is Cn1ncc2c(=O)n(CC(N)C(=O)O)nnc21. The highest BCUT2D eigenvalue weighted by Crippen LogP contribution is 2.01. The van der Waals surface area contributed by atoms with E-state index < -0.39 is 17.6 Å². The number of fused-ring (bicyclic) bond motifs is 1. The summed E-state index contributed by atoms with van der Waals surface area (Å²) < 4.78 is 2.33. The summed E-state index contributed by atoms with van der Waals surface area (Å²) in [4.78, 5) is 22.4. The first kappa shape index (κ1) is 11.2. The lowest BCUT2D eigenvalue weighted by molar-refractivity contribution is -0.138. The van der Waals surface area contributed by atoms with Gasteiger partial charge in [0.15, 0.2) is 5.65 Å². The van der Waals surface area contributed by atoms with Gasteiger partial charge in [-0.1, -0.05) is 5.21 Å². The molecule has 0 aliphatic carbocycles. The van der Waals surface area contributed by atoms with Crippen LogP contribution in [0.5, 0.6) is 0 Å². The average molecular weight is 238 g/mol. The van der Waals surface area contributed by atoms with Gasteiger partial charge < -0.3 is 10.8 Å². The van der Waals surface area contributed by atoms with Gasteiger partial charge in [0.25, 0.3) is 5.56 Å². The van der Waals surface area contributed by atoms with Crippen LogP contribution in [0.4, 0.5) is 0 Å². The Hall–Kier alpha value is -2.29. The van der Waals surface area contributed by atoms with Gasteiger partial charge >= 0.3 is 5.97 Å². The molecule has 2 heterocycles. The summed E-state index contributed by atoms with van der Waals surface area (Å²) in [7, 11) is 1.63. The minimum atomic E-state index is -1.20. The van der Waals surface area contributed by atoms with Crippen LogP contribution in [-0.4, -0.2) is 41.9 Å². The fraction of sp³-hybridized carbons (Fsp3) is 0.375. The number of hydrogen-bond acceptors (Lipinski definition) is 6. The van der Waals surface area contributed by atoms with Gasteiger partial charge in [0.05, 0.1) is 12.7 Å². The number of nitrogens with zero attached hydrogens (tertiary/aromatic N) is 5. The van der Waals surface area contributed by atoms with Crippen molar-refractivity contribution in [2.24, 2.45) is 12.8 Å². The van der Waals surface area contributed by atoms with E-state index in [4.69, 9.17) is 10.8 Å². The molecule has 90 valence electrons. The minimum Gasteiger partial charge on any atom is -0.480 e. The summed E-state index contributed by atoms with van der Waals surface area (Å²) in [6.45, 7) is -0.230. The first-order valence-corrected chi connectivity index (χ1v) is 4.74. The molecular formula is C8H10N6O3. The molecule has 2 rings (SSSR count). The van der Waals surface area contributed by atoms with Gasteiger partial charge in [-0.15, -0.1) is 5.10 Å². The van der Waals surface area contributed by atoms with Gasteiger partial charge in [-0.25, -0.2) is 9.36 Å². The van der Waals surface area contributed by atoms with Gasteiger partial charge in [-0.3, -0.25) is 9.59 Å². The summed E-state index contributed by atoms with van der Waals surface area (Å²) in [6.07, 6.45) is 1.36. The van der Waals surface area contributed by atoms with Crippen LogP contribution in [0, 0.1) is 0 Å². The lowest BCUT2D eigenvalue weighted by Crippen LogP contribution is -2.39. The molecule has 0 spiro atoms. The number of hydrogen-bond donors (Lipinski definition) is 2.